The van der Waals surface area contributed by atoms with Crippen LogP contribution in [-0.2, 0) is 0 Å². The summed E-state index contributed by atoms with van der Waals surface area (Å²) in [6, 6.07) is 14.1. The minimum absolute atomic E-state index is 0.150. The smallest absolute Gasteiger partial charge is 0.170 e. The van der Waals surface area contributed by atoms with Gasteiger partial charge < -0.3 is 4.42 Å². The van der Waals surface area contributed by atoms with E-state index in [2.05, 4.69) is 15.9 Å². The molecular weight excluding hydrogens is 332 g/mol. The molecule has 0 unspecified atom stereocenters. The third-order valence-corrected chi connectivity index (χ3v) is 3.74. The quantitative estimate of drug-likeness (QED) is 0.512. The largest absolute Gasteiger partial charge is 0.464 e. The number of ketones is 2. The van der Waals surface area contributed by atoms with Crippen LogP contribution >= 0.6 is 15.9 Å². The summed E-state index contributed by atoms with van der Waals surface area (Å²) in [5.74, 6) is -0.404. The minimum atomic E-state index is -0.210. The molecule has 0 aliphatic rings. The first kappa shape index (κ1) is 13.8. The number of furan rings is 1. The van der Waals surface area contributed by atoms with Gasteiger partial charge in [0.05, 0.1) is 12.7 Å². The maximum atomic E-state index is 12.2. The van der Waals surface area contributed by atoms with Crippen LogP contribution in [0.1, 0.15) is 27.1 Å². The average Bonchev–Trinajstić information content (AvgIpc) is 2.94. The summed E-state index contributed by atoms with van der Waals surface area (Å²) in [5, 5.41) is 0.935. The highest BCUT2D eigenvalue weighted by Crippen LogP contribution is 2.19. The first-order valence-corrected chi connectivity index (χ1v) is 7.22. The Hall–Kier alpha value is -2.20. The van der Waals surface area contributed by atoms with Crippen LogP contribution in [-0.4, -0.2) is 11.6 Å². The Bertz CT molecular complexity index is 833. The summed E-state index contributed by atoms with van der Waals surface area (Å²) in [4.78, 5) is 24.3. The lowest BCUT2D eigenvalue weighted by Crippen LogP contribution is -2.08. The fraction of sp³-hybridized carbons (Fsp3) is 0.0588. The molecule has 1 heterocycles. The van der Waals surface area contributed by atoms with Crippen LogP contribution in [0.3, 0.4) is 0 Å². The van der Waals surface area contributed by atoms with Gasteiger partial charge in [0.25, 0.3) is 0 Å². The molecule has 3 rings (SSSR count). The molecule has 3 nitrogen and oxygen atoms in total. The number of carbonyl (C=O) groups excluding carboxylic acids is 2. The number of halogens is 1. The molecule has 0 atom stereocenters. The SMILES string of the molecule is O=C(CC(=O)c1ccc2ccoc2c1)c1cccc(Br)c1. The van der Waals surface area contributed by atoms with Crippen molar-refractivity contribution in [1.29, 1.82) is 0 Å². The predicted octanol–water partition coefficient (Wildman–Crippen LogP) is 4.65. The van der Waals surface area contributed by atoms with E-state index in [-0.39, 0.29) is 18.0 Å². The Labute approximate surface area is 129 Å². The van der Waals surface area contributed by atoms with Crippen LogP contribution in [0.5, 0.6) is 0 Å². The first-order valence-electron chi connectivity index (χ1n) is 6.43. The van der Waals surface area contributed by atoms with Crippen molar-refractivity contribution in [3.8, 4) is 0 Å². The van der Waals surface area contributed by atoms with E-state index in [0.717, 1.165) is 9.86 Å². The number of carbonyl (C=O) groups is 2. The zero-order valence-corrected chi connectivity index (χ0v) is 12.6. The molecule has 0 amide bonds. The molecule has 0 saturated carbocycles. The molecule has 0 bridgehead atoms. The molecule has 0 aliphatic carbocycles. The highest BCUT2D eigenvalue weighted by atomic mass is 79.9. The van der Waals surface area contributed by atoms with Gasteiger partial charge in [-0.2, -0.15) is 0 Å². The van der Waals surface area contributed by atoms with Crippen LogP contribution in [0.25, 0.3) is 11.0 Å². The van der Waals surface area contributed by atoms with E-state index < -0.39 is 0 Å². The zero-order chi connectivity index (χ0) is 14.8. The molecule has 1 aromatic heterocycles. The van der Waals surface area contributed by atoms with Crippen molar-refractivity contribution >= 4 is 38.5 Å². The lowest BCUT2D eigenvalue weighted by atomic mass is 10.0. The van der Waals surface area contributed by atoms with Crippen LogP contribution in [0.15, 0.2) is 63.7 Å². The summed E-state index contributed by atoms with van der Waals surface area (Å²) in [7, 11) is 0. The van der Waals surface area contributed by atoms with E-state index in [1.165, 1.54) is 0 Å². The Morgan fingerprint density at radius 2 is 1.71 bits per heavy atom. The van der Waals surface area contributed by atoms with E-state index in [0.29, 0.717) is 16.7 Å². The number of Topliss-reactive ketones (excluding diaryl/α,β-unsaturated/α-hetero) is 2. The van der Waals surface area contributed by atoms with Gasteiger partial charge in [0.1, 0.15) is 5.58 Å². The minimum Gasteiger partial charge on any atom is -0.464 e. The Kier molecular flexibility index (Phi) is 3.71. The van der Waals surface area contributed by atoms with Crippen molar-refractivity contribution in [1.82, 2.24) is 0 Å². The number of hydrogen-bond donors (Lipinski definition) is 0. The highest BCUT2D eigenvalue weighted by Gasteiger charge is 2.14. The fourth-order valence-corrected chi connectivity index (χ4v) is 2.54. The zero-order valence-electron chi connectivity index (χ0n) is 11.0. The van der Waals surface area contributed by atoms with Gasteiger partial charge in [-0.05, 0) is 24.3 Å². The number of benzene rings is 2. The van der Waals surface area contributed by atoms with Crippen molar-refractivity contribution in [2.45, 2.75) is 6.42 Å². The van der Waals surface area contributed by atoms with Crippen molar-refractivity contribution in [3.05, 3.63) is 70.4 Å². The number of fused-ring (bicyclic) bond motifs is 1. The van der Waals surface area contributed by atoms with Crippen molar-refractivity contribution in [3.63, 3.8) is 0 Å². The summed E-state index contributed by atoms with van der Waals surface area (Å²) in [5.41, 5.74) is 1.66. The molecular formula is C17H11BrO3. The lowest BCUT2D eigenvalue weighted by Gasteiger charge is -2.02. The van der Waals surface area contributed by atoms with Gasteiger partial charge in [-0.15, -0.1) is 0 Å². The van der Waals surface area contributed by atoms with Gasteiger partial charge in [-0.3, -0.25) is 9.59 Å². The van der Waals surface area contributed by atoms with Gasteiger partial charge >= 0.3 is 0 Å². The van der Waals surface area contributed by atoms with Crippen LogP contribution in [0.4, 0.5) is 0 Å². The summed E-state index contributed by atoms with van der Waals surface area (Å²) >= 11 is 3.31. The van der Waals surface area contributed by atoms with Gasteiger partial charge in [-0.25, -0.2) is 0 Å². The standard InChI is InChI=1S/C17H11BrO3/c18-14-3-1-2-12(8-14)15(19)10-16(20)13-5-4-11-6-7-21-17(11)9-13/h1-9H,10H2. The van der Waals surface area contributed by atoms with Crippen molar-refractivity contribution < 1.29 is 14.0 Å². The summed E-state index contributed by atoms with van der Waals surface area (Å²) < 4.78 is 6.09. The van der Waals surface area contributed by atoms with Crippen LogP contribution < -0.4 is 0 Å². The Balaban J connectivity index is 1.80. The maximum Gasteiger partial charge on any atom is 0.170 e. The van der Waals surface area contributed by atoms with Gasteiger partial charge in [-0.1, -0.05) is 40.2 Å². The van der Waals surface area contributed by atoms with Gasteiger partial charge in [0.15, 0.2) is 11.6 Å². The highest BCUT2D eigenvalue weighted by molar-refractivity contribution is 9.10. The summed E-state index contributed by atoms with van der Waals surface area (Å²) in [6.07, 6.45) is 1.42. The maximum absolute atomic E-state index is 12.2. The normalized spacial score (nSPS) is 10.7. The van der Waals surface area contributed by atoms with E-state index in [4.69, 9.17) is 4.42 Å². The second-order valence-corrected chi connectivity index (χ2v) is 5.62. The molecule has 0 fully saturated rings. The molecule has 0 aliphatic heterocycles. The predicted molar refractivity (Wildman–Crippen MR) is 83.6 cm³/mol. The third-order valence-electron chi connectivity index (χ3n) is 3.25. The number of hydrogen-bond acceptors (Lipinski definition) is 3. The molecule has 0 saturated heterocycles. The molecule has 2 aromatic carbocycles. The third kappa shape index (κ3) is 2.95. The molecule has 104 valence electrons. The number of rotatable bonds is 4. The summed E-state index contributed by atoms with van der Waals surface area (Å²) in [6.45, 7) is 0. The topological polar surface area (TPSA) is 47.3 Å². The molecule has 0 spiro atoms. The van der Waals surface area contributed by atoms with E-state index in [1.807, 2.05) is 18.2 Å². The molecule has 4 heteroatoms. The van der Waals surface area contributed by atoms with E-state index in [1.54, 1.807) is 36.6 Å². The van der Waals surface area contributed by atoms with Crippen LogP contribution in [0, 0.1) is 0 Å². The van der Waals surface area contributed by atoms with Crippen LogP contribution in [0.2, 0.25) is 0 Å². The van der Waals surface area contributed by atoms with E-state index in [9.17, 15) is 9.59 Å². The molecule has 21 heavy (non-hydrogen) atoms. The lowest BCUT2D eigenvalue weighted by molar-refractivity contribution is 0.0894. The second-order valence-electron chi connectivity index (χ2n) is 4.71. The Morgan fingerprint density at radius 3 is 2.48 bits per heavy atom. The monoisotopic (exact) mass is 342 g/mol. The van der Waals surface area contributed by atoms with Crippen molar-refractivity contribution in [2.24, 2.45) is 0 Å². The Morgan fingerprint density at radius 1 is 0.952 bits per heavy atom. The van der Waals surface area contributed by atoms with Gasteiger partial charge in [0.2, 0.25) is 0 Å². The fourth-order valence-electron chi connectivity index (χ4n) is 2.14. The molecule has 0 radical (unpaired) electrons. The van der Waals surface area contributed by atoms with Crippen molar-refractivity contribution in [2.75, 3.05) is 0 Å². The average molecular weight is 343 g/mol. The molecule has 3 aromatic rings. The van der Waals surface area contributed by atoms with E-state index >= 15 is 0 Å². The molecule has 0 N–H and O–H groups in total. The van der Waals surface area contributed by atoms with Gasteiger partial charge in [0, 0.05) is 21.0 Å². The second kappa shape index (κ2) is 5.66. The first-order chi connectivity index (χ1) is 10.1.